The molecule has 1 atom stereocenters. The summed E-state index contributed by atoms with van der Waals surface area (Å²) in [7, 11) is 0. The van der Waals surface area contributed by atoms with Crippen LogP contribution < -0.4 is 21.5 Å². The van der Waals surface area contributed by atoms with Crippen molar-refractivity contribution in [2.24, 2.45) is 5.73 Å². The highest BCUT2D eigenvalue weighted by Gasteiger charge is 2.10. The fraction of sp³-hybridized carbons (Fsp3) is 0.417. The van der Waals surface area contributed by atoms with Crippen LogP contribution in [-0.2, 0) is 4.79 Å². The number of aliphatic hydroxyl groups is 1. The summed E-state index contributed by atoms with van der Waals surface area (Å²) in [4.78, 5) is 10.7. The van der Waals surface area contributed by atoms with Gasteiger partial charge in [-0.3, -0.25) is 4.79 Å². The zero-order chi connectivity index (χ0) is 13.7. The number of anilines is 2. The monoisotopic (exact) mass is 253 g/mol. The lowest BCUT2D eigenvalue weighted by Crippen LogP contribution is -2.34. The van der Waals surface area contributed by atoms with E-state index < -0.39 is 12.0 Å². The van der Waals surface area contributed by atoms with Crippen LogP contribution in [0, 0.1) is 0 Å². The minimum absolute atomic E-state index is 0.0127. The predicted octanol–water partition coefficient (Wildman–Crippen LogP) is 0.314. The average molecular weight is 253 g/mol. The Morgan fingerprint density at radius 1 is 1.50 bits per heavy atom. The highest BCUT2D eigenvalue weighted by Crippen LogP contribution is 2.26. The number of rotatable bonds is 6. The van der Waals surface area contributed by atoms with E-state index in [-0.39, 0.29) is 12.6 Å². The fourth-order valence-corrected chi connectivity index (χ4v) is 1.32. The first-order valence-corrected chi connectivity index (χ1v) is 5.67. The average Bonchev–Trinajstić information content (AvgIpc) is 2.28. The third-order valence-corrected chi connectivity index (χ3v) is 2.20. The van der Waals surface area contributed by atoms with E-state index in [0.29, 0.717) is 17.1 Å². The van der Waals surface area contributed by atoms with Gasteiger partial charge in [-0.1, -0.05) is 0 Å². The quantitative estimate of drug-likeness (QED) is 0.545. The molecule has 18 heavy (non-hydrogen) atoms. The van der Waals surface area contributed by atoms with Gasteiger partial charge in [-0.05, 0) is 26.0 Å². The molecule has 1 aromatic rings. The van der Waals surface area contributed by atoms with E-state index in [1.54, 1.807) is 18.2 Å². The first-order valence-electron chi connectivity index (χ1n) is 5.67. The van der Waals surface area contributed by atoms with Gasteiger partial charge in [0.1, 0.15) is 11.9 Å². The van der Waals surface area contributed by atoms with Gasteiger partial charge in [-0.15, -0.1) is 0 Å². The van der Waals surface area contributed by atoms with Gasteiger partial charge in [-0.2, -0.15) is 0 Å². The molecule has 6 N–H and O–H groups in total. The van der Waals surface area contributed by atoms with Crippen molar-refractivity contribution in [1.82, 2.24) is 0 Å². The maximum atomic E-state index is 10.7. The van der Waals surface area contributed by atoms with E-state index in [1.165, 1.54) is 0 Å². The molecule has 0 saturated carbocycles. The van der Waals surface area contributed by atoms with Gasteiger partial charge in [0.05, 0.1) is 11.8 Å². The van der Waals surface area contributed by atoms with Crippen LogP contribution in [0.1, 0.15) is 13.8 Å². The minimum Gasteiger partial charge on any atom is -0.489 e. The molecule has 0 heterocycles. The lowest BCUT2D eigenvalue weighted by Gasteiger charge is -2.15. The van der Waals surface area contributed by atoms with Crippen molar-refractivity contribution in [2.45, 2.75) is 26.1 Å². The summed E-state index contributed by atoms with van der Waals surface area (Å²) >= 11 is 0. The van der Waals surface area contributed by atoms with Gasteiger partial charge in [0.2, 0.25) is 5.91 Å². The smallest absolute Gasteiger partial charge is 0.248 e. The highest BCUT2D eigenvalue weighted by molar-refractivity contribution is 5.79. The number of ether oxygens (including phenoxy) is 1. The van der Waals surface area contributed by atoms with Gasteiger partial charge >= 0.3 is 0 Å². The standard InChI is InChI=1S/C12H19N3O3/c1-7(2)18-11-5-8(3-4-9(11)13)15-6-10(16)12(14)17/h3-5,7,10,15-16H,6,13H2,1-2H3,(H2,14,17). The summed E-state index contributed by atoms with van der Waals surface area (Å²) in [6.07, 6.45) is -1.21. The molecule has 0 bridgehead atoms. The lowest BCUT2D eigenvalue weighted by molar-refractivity contribution is -0.125. The maximum Gasteiger partial charge on any atom is 0.248 e. The Morgan fingerprint density at radius 3 is 2.72 bits per heavy atom. The first-order chi connectivity index (χ1) is 8.40. The third kappa shape index (κ3) is 4.14. The van der Waals surface area contributed by atoms with Gasteiger partial charge in [0.15, 0.2) is 0 Å². The Balaban J connectivity index is 2.70. The van der Waals surface area contributed by atoms with E-state index in [4.69, 9.17) is 16.2 Å². The molecule has 1 rings (SSSR count). The van der Waals surface area contributed by atoms with Crippen molar-refractivity contribution in [3.8, 4) is 5.75 Å². The first kappa shape index (κ1) is 14.1. The molecule has 0 aliphatic carbocycles. The molecule has 1 aromatic carbocycles. The third-order valence-electron chi connectivity index (χ3n) is 2.20. The second kappa shape index (κ2) is 6.11. The van der Waals surface area contributed by atoms with Crippen LogP contribution in [0.15, 0.2) is 18.2 Å². The van der Waals surface area contributed by atoms with Crippen molar-refractivity contribution in [2.75, 3.05) is 17.6 Å². The summed E-state index contributed by atoms with van der Waals surface area (Å²) in [5, 5.41) is 12.1. The van der Waals surface area contributed by atoms with Crippen LogP contribution in [0.2, 0.25) is 0 Å². The van der Waals surface area contributed by atoms with Crippen molar-refractivity contribution in [3.05, 3.63) is 18.2 Å². The molecular weight excluding hydrogens is 234 g/mol. The van der Waals surface area contributed by atoms with Crippen LogP contribution in [0.3, 0.4) is 0 Å². The molecule has 100 valence electrons. The van der Waals surface area contributed by atoms with Crippen LogP contribution in [0.25, 0.3) is 0 Å². The number of hydrogen-bond acceptors (Lipinski definition) is 5. The number of aliphatic hydroxyl groups excluding tert-OH is 1. The van der Waals surface area contributed by atoms with Gasteiger partial charge in [-0.25, -0.2) is 0 Å². The molecule has 6 heteroatoms. The molecule has 0 spiro atoms. The zero-order valence-corrected chi connectivity index (χ0v) is 10.5. The molecule has 6 nitrogen and oxygen atoms in total. The topological polar surface area (TPSA) is 111 Å². The molecule has 0 radical (unpaired) electrons. The SMILES string of the molecule is CC(C)Oc1cc(NCC(O)C(N)=O)ccc1N. The number of nitrogens with two attached hydrogens (primary N) is 2. The minimum atomic E-state index is -1.22. The molecule has 0 aromatic heterocycles. The summed E-state index contributed by atoms with van der Waals surface area (Å²) in [6, 6.07) is 5.13. The van der Waals surface area contributed by atoms with E-state index in [0.717, 1.165) is 0 Å². The number of hydrogen-bond donors (Lipinski definition) is 4. The lowest BCUT2D eigenvalue weighted by atomic mass is 10.2. The zero-order valence-electron chi connectivity index (χ0n) is 10.5. The second-order valence-corrected chi connectivity index (χ2v) is 4.22. The van der Waals surface area contributed by atoms with Crippen molar-refractivity contribution in [3.63, 3.8) is 0 Å². The Labute approximate surface area is 106 Å². The summed E-state index contributed by atoms with van der Waals surface area (Å²) in [5.74, 6) is -0.208. The van der Waals surface area contributed by atoms with Gasteiger partial charge in [0.25, 0.3) is 0 Å². The number of nitrogen functional groups attached to an aromatic ring is 1. The number of amides is 1. The highest BCUT2D eigenvalue weighted by atomic mass is 16.5. The van der Waals surface area contributed by atoms with Crippen LogP contribution in [-0.4, -0.2) is 29.8 Å². The largest absolute Gasteiger partial charge is 0.489 e. The molecule has 1 unspecified atom stereocenters. The molecule has 0 aliphatic heterocycles. The van der Waals surface area contributed by atoms with E-state index >= 15 is 0 Å². The Kier molecular flexibility index (Phi) is 4.79. The molecule has 0 aliphatic rings. The predicted molar refractivity (Wildman–Crippen MR) is 70.3 cm³/mol. The number of carbonyl (C=O) groups is 1. The molecule has 1 amide bonds. The summed E-state index contributed by atoms with van der Waals surface area (Å²) in [5.41, 5.74) is 11.9. The Morgan fingerprint density at radius 2 is 2.17 bits per heavy atom. The molecular formula is C12H19N3O3. The Hall–Kier alpha value is -1.95. The van der Waals surface area contributed by atoms with E-state index in [2.05, 4.69) is 5.32 Å². The van der Waals surface area contributed by atoms with Gasteiger partial charge < -0.3 is 26.6 Å². The fourth-order valence-electron chi connectivity index (χ4n) is 1.32. The second-order valence-electron chi connectivity index (χ2n) is 4.22. The van der Waals surface area contributed by atoms with Crippen LogP contribution >= 0.6 is 0 Å². The summed E-state index contributed by atoms with van der Waals surface area (Å²) in [6.45, 7) is 3.84. The molecule has 0 saturated heterocycles. The summed E-state index contributed by atoms with van der Waals surface area (Å²) < 4.78 is 5.52. The molecule has 0 fully saturated rings. The van der Waals surface area contributed by atoms with E-state index in [9.17, 15) is 9.90 Å². The van der Waals surface area contributed by atoms with Crippen LogP contribution in [0.5, 0.6) is 5.75 Å². The number of carbonyl (C=O) groups excluding carboxylic acids is 1. The van der Waals surface area contributed by atoms with Crippen molar-refractivity contribution in [1.29, 1.82) is 0 Å². The van der Waals surface area contributed by atoms with Crippen LogP contribution in [0.4, 0.5) is 11.4 Å². The maximum absolute atomic E-state index is 10.7. The normalized spacial score (nSPS) is 12.2. The number of nitrogens with one attached hydrogen (secondary N) is 1. The van der Waals surface area contributed by atoms with Crippen molar-refractivity contribution < 1.29 is 14.6 Å². The Bertz CT molecular complexity index is 421. The van der Waals surface area contributed by atoms with E-state index in [1.807, 2.05) is 13.8 Å². The number of primary amides is 1. The van der Waals surface area contributed by atoms with Gasteiger partial charge in [0, 0.05) is 18.3 Å². The van der Waals surface area contributed by atoms with Crippen molar-refractivity contribution >= 4 is 17.3 Å². The number of benzene rings is 1.